The van der Waals surface area contributed by atoms with Gasteiger partial charge in [0.25, 0.3) is 0 Å². The maximum Gasteiger partial charge on any atom is 0.243 e. The number of amides is 2. The molecular formula is C15H21BrClN3O3. The average molecular weight is 407 g/mol. The molecule has 23 heavy (non-hydrogen) atoms. The standard InChI is InChI=1S/C15H20BrN3O3.ClH/c1-9-7-11(16)3-4-12(9)19-13(20)8-18-15(21)14-10(2)22-6-5-17-14;/h3-4,7,10,14,17H,5-6,8H2,1-2H3,(H,18,21)(H,19,20);1H/t10-,14+;/m1./s1. The molecular weight excluding hydrogens is 386 g/mol. The lowest BCUT2D eigenvalue weighted by molar-refractivity contribution is -0.130. The van der Waals surface area contributed by atoms with Crippen LogP contribution in [-0.2, 0) is 14.3 Å². The van der Waals surface area contributed by atoms with Gasteiger partial charge in [-0.2, -0.15) is 0 Å². The fraction of sp³-hybridized carbons (Fsp3) is 0.467. The highest BCUT2D eigenvalue weighted by molar-refractivity contribution is 9.10. The Morgan fingerprint density at radius 1 is 1.43 bits per heavy atom. The van der Waals surface area contributed by atoms with Crippen molar-refractivity contribution < 1.29 is 14.3 Å². The monoisotopic (exact) mass is 405 g/mol. The Morgan fingerprint density at radius 2 is 2.17 bits per heavy atom. The van der Waals surface area contributed by atoms with Gasteiger partial charge in [-0.25, -0.2) is 0 Å². The average Bonchev–Trinajstić information content (AvgIpc) is 2.48. The molecule has 1 aliphatic rings. The minimum atomic E-state index is -0.420. The number of aryl methyl sites for hydroxylation is 1. The summed E-state index contributed by atoms with van der Waals surface area (Å²) in [5, 5.41) is 8.50. The Labute approximate surface area is 150 Å². The van der Waals surface area contributed by atoms with Crippen molar-refractivity contribution in [2.45, 2.75) is 26.0 Å². The van der Waals surface area contributed by atoms with Gasteiger partial charge in [-0.15, -0.1) is 12.4 Å². The van der Waals surface area contributed by atoms with Gasteiger partial charge in [-0.1, -0.05) is 15.9 Å². The van der Waals surface area contributed by atoms with E-state index >= 15 is 0 Å². The quantitative estimate of drug-likeness (QED) is 0.710. The van der Waals surface area contributed by atoms with Crippen molar-refractivity contribution in [3.63, 3.8) is 0 Å². The zero-order valence-corrected chi connectivity index (χ0v) is 15.4. The first kappa shape index (κ1) is 19.9. The first-order chi connectivity index (χ1) is 10.5. The van der Waals surface area contributed by atoms with Crippen LogP contribution in [0.15, 0.2) is 22.7 Å². The van der Waals surface area contributed by atoms with Crippen molar-refractivity contribution in [2.75, 3.05) is 25.0 Å². The van der Waals surface area contributed by atoms with Crippen molar-refractivity contribution in [2.24, 2.45) is 0 Å². The summed E-state index contributed by atoms with van der Waals surface area (Å²) in [4.78, 5) is 24.0. The summed E-state index contributed by atoms with van der Waals surface area (Å²) in [5.41, 5.74) is 1.68. The molecule has 1 fully saturated rings. The normalized spacial score (nSPS) is 20.3. The molecule has 0 bridgehead atoms. The molecule has 0 aliphatic carbocycles. The lowest BCUT2D eigenvalue weighted by Gasteiger charge is -2.29. The summed E-state index contributed by atoms with van der Waals surface area (Å²) in [6.45, 7) is 4.89. The summed E-state index contributed by atoms with van der Waals surface area (Å²) in [7, 11) is 0. The number of morpholine rings is 1. The van der Waals surface area contributed by atoms with Crippen LogP contribution >= 0.6 is 28.3 Å². The number of ether oxygens (including phenoxy) is 1. The van der Waals surface area contributed by atoms with E-state index in [2.05, 4.69) is 31.9 Å². The molecule has 1 saturated heterocycles. The van der Waals surface area contributed by atoms with Gasteiger partial charge in [-0.3, -0.25) is 9.59 Å². The van der Waals surface area contributed by atoms with Crippen LogP contribution in [0.1, 0.15) is 12.5 Å². The molecule has 2 rings (SSSR count). The molecule has 1 aromatic rings. The molecule has 1 aromatic carbocycles. The van der Waals surface area contributed by atoms with Crippen molar-refractivity contribution in [1.82, 2.24) is 10.6 Å². The number of benzene rings is 1. The molecule has 1 heterocycles. The molecule has 2 atom stereocenters. The summed E-state index contributed by atoms with van der Waals surface area (Å²) in [6, 6.07) is 5.17. The Balaban J connectivity index is 0.00000264. The van der Waals surface area contributed by atoms with E-state index in [1.54, 1.807) is 0 Å². The number of rotatable bonds is 4. The molecule has 1 aliphatic heterocycles. The van der Waals surface area contributed by atoms with Crippen molar-refractivity contribution in [3.8, 4) is 0 Å². The first-order valence-corrected chi connectivity index (χ1v) is 7.95. The highest BCUT2D eigenvalue weighted by Gasteiger charge is 2.28. The lowest BCUT2D eigenvalue weighted by atomic mass is 10.1. The van der Waals surface area contributed by atoms with E-state index in [0.29, 0.717) is 13.2 Å². The Bertz CT molecular complexity index is 571. The van der Waals surface area contributed by atoms with Crippen molar-refractivity contribution in [3.05, 3.63) is 28.2 Å². The molecule has 6 nitrogen and oxygen atoms in total. The third-order valence-corrected chi connectivity index (χ3v) is 3.98. The molecule has 128 valence electrons. The third kappa shape index (κ3) is 5.76. The van der Waals surface area contributed by atoms with Gasteiger partial charge in [-0.05, 0) is 37.6 Å². The van der Waals surface area contributed by atoms with Crippen molar-refractivity contribution >= 4 is 45.8 Å². The van der Waals surface area contributed by atoms with Crippen LogP contribution in [-0.4, -0.2) is 43.7 Å². The van der Waals surface area contributed by atoms with E-state index in [9.17, 15) is 9.59 Å². The van der Waals surface area contributed by atoms with Gasteiger partial charge in [0.2, 0.25) is 11.8 Å². The minimum Gasteiger partial charge on any atom is -0.375 e. The second-order valence-corrected chi connectivity index (χ2v) is 6.15. The summed E-state index contributed by atoms with van der Waals surface area (Å²) < 4.78 is 6.37. The van der Waals surface area contributed by atoms with Crippen LogP contribution in [0, 0.1) is 6.92 Å². The lowest BCUT2D eigenvalue weighted by Crippen LogP contribution is -2.56. The maximum absolute atomic E-state index is 12.0. The van der Waals surface area contributed by atoms with E-state index in [-0.39, 0.29) is 36.9 Å². The number of carbonyl (C=O) groups is 2. The Kier molecular flexibility index (Phi) is 7.98. The van der Waals surface area contributed by atoms with Gasteiger partial charge in [0, 0.05) is 16.7 Å². The van der Waals surface area contributed by atoms with Crippen LogP contribution in [0.3, 0.4) is 0 Å². The molecule has 0 unspecified atom stereocenters. The molecule has 8 heteroatoms. The fourth-order valence-electron chi connectivity index (χ4n) is 2.27. The van der Waals surface area contributed by atoms with E-state index in [0.717, 1.165) is 15.7 Å². The molecule has 0 radical (unpaired) electrons. The smallest absolute Gasteiger partial charge is 0.243 e. The predicted molar refractivity (Wildman–Crippen MR) is 95.0 cm³/mol. The highest BCUT2D eigenvalue weighted by atomic mass is 79.9. The number of nitrogens with one attached hydrogen (secondary N) is 3. The van der Waals surface area contributed by atoms with Crippen LogP contribution in [0.4, 0.5) is 5.69 Å². The molecule has 0 spiro atoms. The van der Waals surface area contributed by atoms with Crippen LogP contribution in [0.5, 0.6) is 0 Å². The Hall–Kier alpha value is -1.15. The molecule has 0 saturated carbocycles. The second kappa shape index (κ2) is 9.22. The fourth-order valence-corrected chi connectivity index (χ4v) is 2.74. The van der Waals surface area contributed by atoms with E-state index in [4.69, 9.17) is 4.74 Å². The SMILES string of the molecule is Cc1cc(Br)ccc1NC(=O)CNC(=O)[C@H]1NCCO[C@@H]1C.Cl. The summed E-state index contributed by atoms with van der Waals surface area (Å²) >= 11 is 3.37. The highest BCUT2D eigenvalue weighted by Crippen LogP contribution is 2.19. The van der Waals surface area contributed by atoms with Gasteiger partial charge < -0.3 is 20.7 Å². The zero-order valence-electron chi connectivity index (χ0n) is 13.0. The van der Waals surface area contributed by atoms with Gasteiger partial charge in [0.1, 0.15) is 6.04 Å². The van der Waals surface area contributed by atoms with Crippen LogP contribution < -0.4 is 16.0 Å². The topological polar surface area (TPSA) is 79.5 Å². The predicted octanol–water partition coefficient (Wildman–Crippen LogP) is 1.61. The van der Waals surface area contributed by atoms with Gasteiger partial charge in [0.05, 0.1) is 19.3 Å². The number of halogens is 2. The number of hydrogen-bond acceptors (Lipinski definition) is 4. The minimum absolute atomic E-state index is 0. The van der Waals surface area contributed by atoms with E-state index in [1.165, 1.54) is 0 Å². The van der Waals surface area contributed by atoms with E-state index < -0.39 is 6.04 Å². The first-order valence-electron chi connectivity index (χ1n) is 7.16. The third-order valence-electron chi connectivity index (χ3n) is 3.48. The zero-order chi connectivity index (χ0) is 16.1. The molecule has 3 N–H and O–H groups in total. The van der Waals surface area contributed by atoms with Gasteiger partial charge >= 0.3 is 0 Å². The summed E-state index contributed by atoms with van der Waals surface area (Å²) in [5.74, 6) is -0.488. The largest absolute Gasteiger partial charge is 0.375 e. The van der Waals surface area contributed by atoms with Crippen LogP contribution in [0.2, 0.25) is 0 Å². The number of carbonyl (C=O) groups excluding carboxylic acids is 2. The second-order valence-electron chi connectivity index (χ2n) is 5.23. The van der Waals surface area contributed by atoms with Gasteiger partial charge in [0.15, 0.2) is 0 Å². The summed E-state index contributed by atoms with van der Waals surface area (Å²) in [6.07, 6.45) is -0.203. The molecule has 0 aromatic heterocycles. The number of anilines is 1. The maximum atomic E-state index is 12.0. The van der Waals surface area contributed by atoms with E-state index in [1.807, 2.05) is 32.0 Å². The number of hydrogen-bond donors (Lipinski definition) is 3. The van der Waals surface area contributed by atoms with Crippen LogP contribution in [0.25, 0.3) is 0 Å². The Morgan fingerprint density at radius 3 is 2.83 bits per heavy atom. The molecule has 2 amide bonds. The van der Waals surface area contributed by atoms with Crippen molar-refractivity contribution in [1.29, 1.82) is 0 Å².